The predicted molar refractivity (Wildman–Crippen MR) is 103 cm³/mol. The summed E-state index contributed by atoms with van der Waals surface area (Å²) in [5.41, 5.74) is -1.78. The number of nitrogens with zero attached hydrogens (tertiary/aromatic N) is 3. The fourth-order valence-corrected chi connectivity index (χ4v) is 4.00. The van der Waals surface area contributed by atoms with Gasteiger partial charge in [-0.2, -0.15) is 32.0 Å². The van der Waals surface area contributed by atoms with E-state index in [0.29, 0.717) is 0 Å². The van der Waals surface area contributed by atoms with Gasteiger partial charge in [0, 0.05) is 0 Å². The van der Waals surface area contributed by atoms with E-state index in [2.05, 4.69) is 20.1 Å². The lowest BCUT2D eigenvalue weighted by molar-refractivity contribution is -0.0918. The summed E-state index contributed by atoms with van der Waals surface area (Å²) >= 11 is 0.983. The Bertz CT molecular complexity index is 1170. The summed E-state index contributed by atoms with van der Waals surface area (Å²) in [4.78, 5) is 17.1. The van der Waals surface area contributed by atoms with Crippen LogP contribution in [0.25, 0.3) is 0 Å². The highest BCUT2D eigenvalue weighted by Crippen LogP contribution is 2.44. The lowest BCUT2D eigenvalue weighted by Gasteiger charge is -2.30. The SMILES string of the molecule is COc1cc(C2C(C(=O)c3cccs3)=C(C(F)(F)F)Nc3ncnn32)ccc1OC(F)F. The van der Waals surface area contributed by atoms with Crippen molar-refractivity contribution in [3.8, 4) is 11.5 Å². The number of benzene rings is 1. The maximum atomic E-state index is 14.0. The lowest BCUT2D eigenvalue weighted by Crippen LogP contribution is -2.35. The Morgan fingerprint density at radius 1 is 1.25 bits per heavy atom. The molecule has 0 aliphatic carbocycles. The summed E-state index contributed by atoms with van der Waals surface area (Å²) in [5.74, 6) is -1.57. The standard InChI is InChI=1S/C19H13F5N4O3S/c1-30-11-7-9(4-5-10(11)31-17(20)21)14-13(15(29)12-3-2-6-32-12)16(19(22,23)24)27-18-25-8-26-28(14)18/h2-8,14,17H,1H3,(H,25,26,27). The minimum atomic E-state index is -4.92. The van der Waals surface area contributed by atoms with Crippen LogP contribution < -0.4 is 14.8 Å². The van der Waals surface area contributed by atoms with Crippen LogP contribution in [0.2, 0.25) is 0 Å². The average molecular weight is 472 g/mol. The molecule has 2 aromatic heterocycles. The zero-order valence-electron chi connectivity index (χ0n) is 16.1. The van der Waals surface area contributed by atoms with Crippen molar-refractivity contribution < 1.29 is 36.2 Å². The van der Waals surface area contributed by atoms with Crippen LogP contribution >= 0.6 is 11.3 Å². The summed E-state index contributed by atoms with van der Waals surface area (Å²) in [6.45, 7) is -3.14. The Morgan fingerprint density at radius 3 is 2.66 bits per heavy atom. The first-order valence-corrected chi connectivity index (χ1v) is 9.77. The van der Waals surface area contributed by atoms with Crippen molar-refractivity contribution in [2.75, 3.05) is 12.4 Å². The Balaban J connectivity index is 1.93. The van der Waals surface area contributed by atoms with Crippen molar-refractivity contribution >= 4 is 23.1 Å². The summed E-state index contributed by atoms with van der Waals surface area (Å²) in [5, 5.41) is 7.68. The third-order valence-electron chi connectivity index (χ3n) is 4.59. The maximum absolute atomic E-state index is 14.0. The number of carbonyl (C=O) groups is 1. The molecule has 1 N–H and O–H groups in total. The van der Waals surface area contributed by atoms with Gasteiger partial charge in [-0.25, -0.2) is 4.68 Å². The average Bonchev–Trinajstić information content (AvgIpc) is 3.43. The Labute approximate surface area is 181 Å². The number of hydrogen-bond donors (Lipinski definition) is 1. The van der Waals surface area contributed by atoms with E-state index in [1.165, 1.54) is 31.4 Å². The van der Waals surface area contributed by atoms with Crippen LogP contribution in [0.1, 0.15) is 21.3 Å². The number of Topliss-reactive ketones (excluding diaryl/α,β-unsaturated/α-hetero) is 1. The molecule has 3 aromatic rings. The van der Waals surface area contributed by atoms with Gasteiger partial charge in [0.25, 0.3) is 0 Å². The van der Waals surface area contributed by atoms with Crippen molar-refractivity contribution in [3.63, 3.8) is 0 Å². The first-order valence-electron chi connectivity index (χ1n) is 8.89. The minimum Gasteiger partial charge on any atom is -0.493 e. The van der Waals surface area contributed by atoms with Gasteiger partial charge in [0.05, 0.1) is 17.6 Å². The van der Waals surface area contributed by atoms with E-state index in [-0.39, 0.29) is 27.9 Å². The number of halogens is 5. The van der Waals surface area contributed by atoms with Gasteiger partial charge in [-0.15, -0.1) is 11.3 Å². The van der Waals surface area contributed by atoms with Gasteiger partial charge >= 0.3 is 12.8 Å². The summed E-state index contributed by atoms with van der Waals surface area (Å²) in [7, 11) is 1.19. The van der Waals surface area contributed by atoms with Crippen molar-refractivity contribution in [1.29, 1.82) is 0 Å². The lowest BCUT2D eigenvalue weighted by atomic mass is 9.91. The number of ether oxygens (including phenoxy) is 2. The number of carbonyl (C=O) groups excluding carboxylic acids is 1. The number of ketones is 1. The number of anilines is 1. The fraction of sp³-hybridized carbons (Fsp3) is 0.211. The van der Waals surface area contributed by atoms with Gasteiger partial charge in [0.1, 0.15) is 18.1 Å². The third-order valence-corrected chi connectivity index (χ3v) is 5.46. The molecule has 0 saturated heterocycles. The molecule has 0 bridgehead atoms. The van der Waals surface area contributed by atoms with Gasteiger partial charge in [-0.05, 0) is 29.1 Å². The predicted octanol–water partition coefficient (Wildman–Crippen LogP) is 4.66. The van der Waals surface area contributed by atoms with Crippen molar-refractivity contribution in [1.82, 2.24) is 14.8 Å². The van der Waals surface area contributed by atoms with E-state index in [1.807, 2.05) is 0 Å². The quantitative estimate of drug-likeness (QED) is 0.415. The van der Waals surface area contributed by atoms with E-state index in [4.69, 9.17) is 4.74 Å². The normalized spacial score (nSPS) is 16.0. The molecule has 0 spiro atoms. The molecule has 1 unspecified atom stereocenters. The molecule has 3 heterocycles. The van der Waals surface area contributed by atoms with Gasteiger partial charge in [-0.1, -0.05) is 12.1 Å². The fourth-order valence-electron chi connectivity index (χ4n) is 3.32. The molecule has 168 valence electrons. The van der Waals surface area contributed by atoms with E-state index >= 15 is 0 Å². The number of aromatic nitrogens is 3. The van der Waals surface area contributed by atoms with E-state index in [0.717, 1.165) is 28.4 Å². The second-order valence-electron chi connectivity index (χ2n) is 6.44. The number of thiophene rings is 1. The Hall–Kier alpha value is -3.48. The van der Waals surface area contributed by atoms with Crippen LogP contribution in [0.3, 0.4) is 0 Å². The number of alkyl halides is 5. The molecule has 32 heavy (non-hydrogen) atoms. The summed E-state index contributed by atoms with van der Waals surface area (Å²) in [6, 6.07) is 5.18. The van der Waals surface area contributed by atoms with Gasteiger partial charge in [-0.3, -0.25) is 4.79 Å². The highest BCUT2D eigenvalue weighted by Gasteiger charge is 2.46. The molecule has 1 aromatic carbocycles. The van der Waals surface area contributed by atoms with Crippen LogP contribution in [0.4, 0.5) is 27.9 Å². The van der Waals surface area contributed by atoms with Crippen molar-refractivity contribution in [2.24, 2.45) is 0 Å². The van der Waals surface area contributed by atoms with Crippen LogP contribution in [0, 0.1) is 0 Å². The van der Waals surface area contributed by atoms with Crippen LogP contribution in [-0.2, 0) is 0 Å². The highest BCUT2D eigenvalue weighted by atomic mass is 32.1. The summed E-state index contributed by atoms with van der Waals surface area (Å²) in [6.07, 6.45) is -3.88. The van der Waals surface area contributed by atoms with Gasteiger partial charge in [0.15, 0.2) is 11.5 Å². The molecule has 0 fully saturated rings. The molecular formula is C19H13F5N4O3S. The van der Waals surface area contributed by atoms with Crippen LogP contribution in [-0.4, -0.2) is 40.4 Å². The first kappa shape index (κ1) is 21.7. The molecule has 1 aliphatic heterocycles. The molecular weight excluding hydrogens is 459 g/mol. The van der Waals surface area contributed by atoms with E-state index < -0.39 is 35.9 Å². The zero-order valence-corrected chi connectivity index (χ0v) is 16.9. The number of nitrogens with one attached hydrogen (secondary N) is 1. The minimum absolute atomic E-state index is 0.0849. The van der Waals surface area contributed by atoms with Gasteiger partial charge in [0.2, 0.25) is 11.7 Å². The molecule has 7 nitrogen and oxygen atoms in total. The van der Waals surface area contributed by atoms with Crippen LogP contribution in [0.5, 0.6) is 11.5 Å². The molecule has 0 radical (unpaired) electrons. The topological polar surface area (TPSA) is 78.3 Å². The van der Waals surface area contributed by atoms with E-state index in [9.17, 15) is 26.7 Å². The Morgan fingerprint density at radius 2 is 2.03 bits per heavy atom. The Kier molecular flexibility index (Phi) is 5.59. The molecule has 13 heteroatoms. The molecule has 0 amide bonds. The molecule has 0 saturated carbocycles. The second kappa shape index (κ2) is 8.22. The number of allylic oxidation sites excluding steroid dienone is 2. The molecule has 4 rings (SSSR count). The molecule has 1 atom stereocenters. The van der Waals surface area contributed by atoms with Crippen LogP contribution in [0.15, 0.2) is 53.3 Å². The smallest absolute Gasteiger partial charge is 0.431 e. The number of hydrogen-bond acceptors (Lipinski definition) is 7. The number of fused-ring (bicyclic) bond motifs is 1. The van der Waals surface area contributed by atoms with Crippen molar-refractivity contribution in [3.05, 3.63) is 63.7 Å². The molecule has 1 aliphatic rings. The van der Waals surface area contributed by atoms with Gasteiger partial charge < -0.3 is 14.8 Å². The number of methoxy groups -OCH3 is 1. The largest absolute Gasteiger partial charge is 0.493 e. The van der Waals surface area contributed by atoms with E-state index in [1.54, 1.807) is 5.38 Å². The highest BCUT2D eigenvalue weighted by molar-refractivity contribution is 7.12. The summed E-state index contributed by atoms with van der Waals surface area (Å²) < 4.78 is 77.8. The monoisotopic (exact) mass is 472 g/mol. The number of rotatable bonds is 6. The second-order valence-corrected chi connectivity index (χ2v) is 7.39. The first-order chi connectivity index (χ1) is 15.2. The third kappa shape index (κ3) is 3.90. The zero-order chi connectivity index (χ0) is 23.0. The maximum Gasteiger partial charge on any atom is 0.431 e. The van der Waals surface area contributed by atoms with Crippen molar-refractivity contribution in [2.45, 2.75) is 18.8 Å².